The van der Waals surface area contributed by atoms with Crippen molar-refractivity contribution < 1.29 is 4.74 Å². The van der Waals surface area contributed by atoms with Gasteiger partial charge in [0.05, 0.1) is 12.3 Å². The average molecular weight is 229 g/mol. The third kappa shape index (κ3) is 2.87. The molecule has 0 fully saturated rings. The van der Waals surface area contributed by atoms with Gasteiger partial charge in [0.2, 0.25) is 0 Å². The van der Waals surface area contributed by atoms with E-state index < -0.39 is 0 Å². The van der Waals surface area contributed by atoms with Crippen LogP contribution in [0.25, 0.3) is 0 Å². The highest BCUT2D eigenvalue weighted by atomic mass is 16.5. The lowest BCUT2D eigenvalue weighted by Crippen LogP contribution is -1.98. The number of hydrogen-bond acceptors (Lipinski definition) is 4. The molecule has 0 unspecified atom stereocenters. The van der Waals surface area contributed by atoms with Gasteiger partial charge in [-0.05, 0) is 43.3 Å². The Labute approximate surface area is 100 Å². The van der Waals surface area contributed by atoms with Crippen molar-refractivity contribution >= 4 is 17.2 Å². The minimum atomic E-state index is 0.626. The van der Waals surface area contributed by atoms with Crippen LogP contribution in [0.1, 0.15) is 6.92 Å². The number of pyridine rings is 1. The van der Waals surface area contributed by atoms with E-state index in [0.29, 0.717) is 18.1 Å². The minimum Gasteiger partial charge on any atom is -0.494 e. The van der Waals surface area contributed by atoms with Gasteiger partial charge in [0.1, 0.15) is 5.75 Å². The molecule has 0 saturated heterocycles. The molecule has 17 heavy (non-hydrogen) atoms. The fourth-order valence-electron chi connectivity index (χ4n) is 1.46. The van der Waals surface area contributed by atoms with E-state index in [9.17, 15) is 0 Å². The first kappa shape index (κ1) is 11.3. The molecule has 1 aromatic heterocycles. The first-order chi connectivity index (χ1) is 8.29. The number of nitrogen functional groups attached to an aromatic ring is 1. The van der Waals surface area contributed by atoms with Crippen LogP contribution >= 0.6 is 0 Å². The highest BCUT2D eigenvalue weighted by Crippen LogP contribution is 2.21. The van der Waals surface area contributed by atoms with Gasteiger partial charge in [-0.1, -0.05) is 0 Å². The Hall–Kier alpha value is -2.23. The van der Waals surface area contributed by atoms with Crippen LogP contribution < -0.4 is 15.8 Å². The molecule has 2 rings (SSSR count). The predicted octanol–water partition coefficient (Wildman–Crippen LogP) is 2.81. The zero-order chi connectivity index (χ0) is 12.1. The Kier molecular flexibility index (Phi) is 3.45. The van der Waals surface area contributed by atoms with E-state index in [4.69, 9.17) is 10.5 Å². The molecule has 2 aromatic rings. The van der Waals surface area contributed by atoms with E-state index >= 15 is 0 Å². The Balaban J connectivity index is 2.11. The molecule has 0 bridgehead atoms. The summed E-state index contributed by atoms with van der Waals surface area (Å²) in [6, 6.07) is 11.3. The molecular formula is C13H15N3O. The Morgan fingerprint density at radius 2 is 2.00 bits per heavy atom. The smallest absolute Gasteiger partial charge is 0.153 e. The monoisotopic (exact) mass is 229 g/mol. The molecule has 0 aliphatic heterocycles. The lowest BCUT2D eigenvalue weighted by Gasteiger charge is -2.08. The second kappa shape index (κ2) is 5.21. The Morgan fingerprint density at radius 3 is 2.65 bits per heavy atom. The van der Waals surface area contributed by atoms with Crippen LogP contribution in [-0.4, -0.2) is 11.6 Å². The van der Waals surface area contributed by atoms with E-state index in [1.807, 2.05) is 37.3 Å². The van der Waals surface area contributed by atoms with E-state index in [1.54, 1.807) is 12.3 Å². The number of hydrogen-bond donors (Lipinski definition) is 2. The SMILES string of the molecule is CCOc1ccc(Nc2ncccc2N)cc1. The molecule has 0 radical (unpaired) electrons. The molecule has 0 aliphatic carbocycles. The molecule has 0 saturated carbocycles. The summed E-state index contributed by atoms with van der Waals surface area (Å²) in [7, 11) is 0. The number of nitrogens with zero attached hydrogens (tertiary/aromatic N) is 1. The van der Waals surface area contributed by atoms with Gasteiger partial charge < -0.3 is 15.8 Å². The zero-order valence-electron chi connectivity index (χ0n) is 9.68. The van der Waals surface area contributed by atoms with Crippen molar-refractivity contribution in [3.05, 3.63) is 42.6 Å². The molecule has 4 heteroatoms. The molecule has 0 aliphatic rings. The number of aromatic nitrogens is 1. The Bertz CT molecular complexity index is 482. The van der Waals surface area contributed by atoms with E-state index in [-0.39, 0.29) is 0 Å². The van der Waals surface area contributed by atoms with Crippen molar-refractivity contribution in [1.29, 1.82) is 0 Å². The highest BCUT2D eigenvalue weighted by Gasteiger charge is 2.00. The Morgan fingerprint density at radius 1 is 1.24 bits per heavy atom. The fourth-order valence-corrected chi connectivity index (χ4v) is 1.46. The summed E-state index contributed by atoms with van der Waals surface area (Å²) in [4.78, 5) is 4.16. The minimum absolute atomic E-state index is 0.626. The average Bonchev–Trinajstić information content (AvgIpc) is 2.35. The van der Waals surface area contributed by atoms with Gasteiger partial charge in [-0.25, -0.2) is 4.98 Å². The molecule has 1 heterocycles. The zero-order valence-corrected chi connectivity index (χ0v) is 9.68. The van der Waals surface area contributed by atoms with E-state index in [1.165, 1.54) is 0 Å². The first-order valence-corrected chi connectivity index (χ1v) is 5.50. The summed E-state index contributed by atoms with van der Waals surface area (Å²) in [5.41, 5.74) is 7.35. The lowest BCUT2D eigenvalue weighted by atomic mass is 10.3. The van der Waals surface area contributed by atoms with Gasteiger partial charge in [-0.15, -0.1) is 0 Å². The maximum atomic E-state index is 5.80. The number of nitrogens with two attached hydrogens (primary N) is 1. The van der Waals surface area contributed by atoms with E-state index in [0.717, 1.165) is 11.4 Å². The van der Waals surface area contributed by atoms with Gasteiger partial charge in [0.25, 0.3) is 0 Å². The van der Waals surface area contributed by atoms with Crippen LogP contribution in [0.15, 0.2) is 42.6 Å². The van der Waals surface area contributed by atoms with Crippen LogP contribution in [0.3, 0.4) is 0 Å². The molecule has 1 aromatic carbocycles. The van der Waals surface area contributed by atoms with Crippen LogP contribution in [0.4, 0.5) is 17.2 Å². The molecule has 3 N–H and O–H groups in total. The largest absolute Gasteiger partial charge is 0.494 e. The van der Waals surface area contributed by atoms with Crippen LogP contribution in [-0.2, 0) is 0 Å². The molecule has 0 amide bonds. The molecular weight excluding hydrogens is 214 g/mol. The van der Waals surface area contributed by atoms with Gasteiger partial charge in [-0.2, -0.15) is 0 Å². The highest BCUT2D eigenvalue weighted by molar-refractivity contribution is 5.68. The van der Waals surface area contributed by atoms with Crippen LogP contribution in [0.5, 0.6) is 5.75 Å². The number of rotatable bonds is 4. The third-order valence-electron chi connectivity index (χ3n) is 2.27. The van der Waals surface area contributed by atoms with Crippen molar-refractivity contribution in [3.8, 4) is 5.75 Å². The number of ether oxygens (including phenoxy) is 1. The summed E-state index contributed by atoms with van der Waals surface area (Å²) >= 11 is 0. The van der Waals surface area contributed by atoms with E-state index in [2.05, 4.69) is 10.3 Å². The number of benzene rings is 1. The second-order valence-electron chi connectivity index (χ2n) is 3.52. The standard InChI is InChI=1S/C13H15N3O/c1-2-17-11-7-5-10(6-8-11)16-13-12(14)4-3-9-15-13/h3-9H,2,14H2,1H3,(H,15,16). The normalized spacial score (nSPS) is 9.94. The molecule has 0 spiro atoms. The van der Waals surface area contributed by atoms with Crippen molar-refractivity contribution in [2.75, 3.05) is 17.7 Å². The molecule has 0 atom stereocenters. The van der Waals surface area contributed by atoms with Gasteiger partial charge in [0.15, 0.2) is 5.82 Å². The topological polar surface area (TPSA) is 60.2 Å². The number of nitrogens with one attached hydrogen (secondary N) is 1. The summed E-state index contributed by atoms with van der Waals surface area (Å²) < 4.78 is 5.37. The van der Waals surface area contributed by atoms with Crippen LogP contribution in [0.2, 0.25) is 0 Å². The second-order valence-corrected chi connectivity index (χ2v) is 3.52. The van der Waals surface area contributed by atoms with Crippen molar-refractivity contribution in [2.45, 2.75) is 6.92 Å². The van der Waals surface area contributed by atoms with Gasteiger partial charge in [-0.3, -0.25) is 0 Å². The van der Waals surface area contributed by atoms with Gasteiger partial charge in [0, 0.05) is 11.9 Å². The predicted molar refractivity (Wildman–Crippen MR) is 69.5 cm³/mol. The summed E-state index contributed by atoms with van der Waals surface area (Å²) in [5, 5.41) is 3.15. The molecule has 88 valence electrons. The van der Waals surface area contributed by atoms with Crippen molar-refractivity contribution in [2.24, 2.45) is 0 Å². The maximum absolute atomic E-state index is 5.80. The number of anilines is 3. The van der Waals surface area contributed by atoms with Crippen molar-refractivity contribution in [1.82, 2.24) is 4.98 Å². The molecule has 4 nitrogen and oxygen atoms in total. The lowest BCUT2D eigenvalue weighted by molar-refractivity contribution is 0.340. The van der Waals surface area contributed by atoms with Gasteiger partial charge >= 0.3 is 0 Å². The maximum Gasteiger partial charge on any atom is 0.153 e. The summed E-state index contributed by atoms with van der Waals surface area (Å²) in [5.74, 6) is 1.52. The first-order valence-electron chi connectivity index (χ1n) is 5.50. The van der Waals surface area contributed by atoms with Crippen molar-refractivity contribution in [3.63, 3.8) is 0 Å². The quantitative estimate of drug-likeness (QED) is 0.846. The fraction of sp³-hybridized carbons (Fsp3) is 0.154. The third-order valence-corrected chi connectivity index (χ3v) is 2.27. The summed E-state index contributed by atoms with van der Waals surface area (Å²) in [6.45, 7) is 2.63. The van der Waals surface area contributed by atoms with Crippen LogP contribution in [0, 0.1) is 0 Å². The summed E-state index contributed by atoms with van der Waals surface area (Å²) in [6.07, 6.45) is 1.70.